The highest BCUT2D eigenvalue weighted by atomic mass is 19.1. The molecule has 5 nitrogen and oxygen atoms in total. The van der Waals surface area contributed by atoms with Crippen molar-refractivity contribution in [3.63, 3.8) is 0 Å². The van der Waals surface area contributed by atoms with E-state index in [1.807, 2.05) is 20.8 Å². The van der Waals surface area contributed by atoms with Crippen molar-refractivity contribution in [3.05, 3.63) is 51.2 Å². The first-order valence-corrected chi connectivity index (χ1v) is 9.86. The number of rotatable bonds is 6. The molecule has 0 aliphatic carbocycles. The summed E-state index contributed by atoms with van der Waals surface area (Å²) in [5.41, 5.74) is 3.82. The zero-order valence-corrected chi connectivity index (χ0v) is 17.5. The topological polar surface area (TPSA) is 48.5 Å². The minimum absolute atomic E-state index is 0.117. The van der Waals surface area contributed by atoms with Gasteiger partial charge in [-0.15, -0.1) is 5.10 Å². The van der Waals surface area contributed by atoms with E-state index < -0.39 is 5.82 Å². The molecule has 28 heavy (non-hydrogen) atoms. The molecule has 0 saturated heterocycles. The molecule has 0 saturated carbocycles. The van der Waals surface area contributed by atoms with Crippen molar-refractivity contribution >= 4 is 5.52 Å². The highest BCUT2D eigenvalue weighted by molar-refractivity contribution is 5.65. The molecule has 2 heterocycles. The van der Waals surface area contributed by atoms with Crippen molar-refractivity contribution in [2.45, 2.75) is 53.4 Å². The molecule has 3 rings (SSSR count). The van der Waals surface area contributed by atoms with Gasteiger partial charge < -0.3 is 4.74 Å². The first kappa shape index (κ1) is 20.1. The quantitative estimate of drug-likeness (QED) is 0.615. The summed E-state index contributed by atoms with van der Waals surface area (Å²) in [6.45, 7) is 10.3. The van der Waals surface area contributed by atoms with Crippen molar-refractivity contribution in [1.29, 1.82) is 0 Å². The average Bonchev–Trinajstić information content (AvgIpc) is 2.99. The fraction of sp³-hybridized carbons (Fsp3) is 0.455. The third-order valence-electron chi connectivity index (χ3n) is 5.45. The minimum Gasteiger partial charge on any atom is -0.491 e. The van der Waals surface area contributed by atoms with Crippen molar-refractivity contribution in [3.8, 4) is 17.1 Å². The lowest BCUT2D eigenvalue weighted by Crippen LogP contribution is -2.24. The van der Waals surface area contributed by atoms with Gasteiger partial charge in [0.2, 0.25) is 0 Å². The Bertz CT molecular complexity index is 1080. The fourth-order valence-electron chi connectivity index (χ4n) is 3.85. The number of aromatic nitrogens is 3. The molecule has 0 aliphatic heterocycles. The highest BCUT2D eigenvalue weighted by Crippen LogP contribution is 2.31. The molecule has 0 aliphatic rings. The lowest BCUT2D eigenvalue weighted by molar-refractivity contribution is 0.321. The molecule has 6 heteroatoms. The van der Waals surface area contributed by atoms with Crippen LogP contribution in [0.2, 0.25) is 0 Å². The third-order valence-corrected chi connectivity index (χ3v) is 5.45. The number of nitrogens with zero attached hydrogens (tertiary/aromatic N) is 3. The van der Waals surface area contributed by atoms with Crippen LogP contribution in [-0.4, -0.2) is 20.8 Å². The number of hydrogen-bond acceptors (Lipinski definition) is 3. The van der Waals surface area contributed by atoms with E-state index in [1.54, 1.807) is 17.6 Å². The van der Waals surface area contributed by atoms with Crippen molar-refractivity contribution < 1.29 is 9.13 Å². The Hall–Kier alpha value is -2.63. The van der Waals surface area contributed by atoms with Gasteiger partial charge in [0.05, 0.1) is 6.61 Å². The number of aryl methyl sites for hydroxylation is 2. The van der Waals surface area contributed by atoms with E-state index in [9.17, 15) is 9.18 Å². The maximum absolute atomic E-state index is 14.5. The molecule has 0 N–H and O–H groups in total. The standard InChI is InChI=1S/C22H28FN3O2/c1-7-15(8-2)17-11-14(5)26-20(17)22(27)25(6)21(24-26)16-12-18(23)19(28-9-3)10-13(16)4/h10-12,15H,7-9H2,1-6H3. The summed E-state index contributed by atoms with van der Waals surface area (Å²) >= 11 is 0. The smallest absolute Gasteiger partial charge is 0.278 e. The summed E-state index contributed by atoms with van der Waals surface area (Å²) in [6, 6.07) is 5.11. The molecule has 0 unspecified atom stereocenters. The molecule has 2 aromatic heterocycles. The zero-order valence-electron chi connectivity index (χ0n) is 17.5. The molecule has 0 radical (unpaired) electrons. The van der Waals surface area contributed by atoms with E-state index in [0.29, 0.717) is 29.4 Å². The number of ether oxygens (including phenoxy) is 1. The van der Waals surface area contributed by atoms with E-state index in [2.05, 4.69) is 19.9 Å². The summed E-state index contributed by atoms with van der Waals surface area (Å²) in [4.78, 5) is 13.2. The van der Waals surface area contributed by atoms with Gasteiger partial charge >= 0.3 is 0 Å². The van der Waals surface area contributed by atoms with Gasteiger partial charge in [-0.1, -0.05) is 13.8 Å². The number of halogens is 1. The lowest BCUT2D eigenvalue weighted by atomic mass is 9.95. The van der Waals surface area contributed by atoms with E-state index in [4.69, 9.17) is 9.84 Å². The molecule has 150 valence electrons. The number of hydrogen-bond donors (Lipinski definition) is 0. The molecule has 0 spiro atoms. The maximum atomic E-state index is 14.5. The van der Waals surface area contributed by atoms with E-state index in [1.165, 1.54) is 10.6 Å². The van der Waals surface area contributed by atoms with Crippen LogP contribution in [0.4, 0.5) is 4.39 Å². The van der Waals surface area contributed by atoms with Gasteiger partial charge in [0, 0.05) is 18.3 Å². The zero-order chi connectivity index (χ0) is 20.6. The summed E-state index contributed by atoms with van der Waals surface area (Å²) in [7, 11) is 1.69. The molecule has 0 atom stereocenters. The molecule has 0 amide bonds. The summed E-state index contributed by atoms with van der Waals surface area (Å²) in [5.74, 6) is 0.502. The molecular weight excluding hydrogens is 357 g/mol. The van der Waals surface area contributed by atoms with Gasteiger partial charge in [-0.3, -0.25) is 9.36 Å². The lowest BCUT2D eigenvalue weighted by Gasteiger charge is -2.15. The van der Waals surface area contributed by atoms with Crippen LogP contribution in [0.25, 0.3) is 16.9 Å². The fourth-order valence-corrected chi connectivity index (χ4v) is 3.85. The molecule has 0 fully saturated rings. The number of benzene rings is 1. The van der Waals surface area contributed by atoms with E-state index in [-0.39, 0.29) is 11.3 Å². The van der Waals surface area contributed by atoms with E-state index in [0.717, 1.165) is 29.7 Å². The van der Waals surface area contributed by atoms with Crippen molar-refractivity contribution in [2.75, 3.05) is 6.61 Å². The van der Waals surface area contributed by atoms with Crippen LogP contribution in [0.5, 0.6) is 5.75 Å². The molecule has 3 aromatic rings. The molecule has 0 bridgehead atoms. The summed E-state index contributed by atoms with van der Waals surface area (Å²) in [5, 5.41) is 4.73. The Morgan fingerprint density at radius 3 is 2.43 bits per heavy atom. The first-order chi connectivity index (χ1) is 13.3. The third kappa shape index (κ3) is 3.21. The Morgan fingerprint density at radius 2 is 1.82 bits per heavy atom. The first-order valence-electron chi connectivity index (χ1n) is 9.86. The Labute approximate surface area is 164 Å². The van der Waals surface area contributed by atoms with Crippen molar-refractivity contribution in [2.24, 2.45) is 7.05 Å². The normalized spacial score (nSPS) is 11.6. The molecule has 1 aromatic carbocycles. The monoisotopic (exact) mass is 385 g/mol. The van der Waals surface area contributed by atoms with Gasteiger partial charge in [-0.25, -0.2) is 8.91 Å². The van der Waals surface area contributed by atoms with Crippen LogP contribution in [0.3, 0.4) is 0 Å². The maximum Gasteiger partial charge on any atom is 0.278 e. The van der Waals surface area contributed by atoms with Crippen LogP contribution in [-0.2, 0) is 7.05 Å². The van der Waals surface area contributed by atoms with Crippen LogP contribution >= 0.6 is 0 Å². The number of fused-ring (bicyclic) bond motifs is 1. The van der Waals surface area contributed by atoms with Crippen LogP contribution in [0, 0.1) is 19.7 Å². The van der Waals surface area contributed by atoms with Crippen LogP contribution in [0.1, 0.15) is 56.4 Å². The Kier molecular flexibility index (Phi) is 5.59. The van der Waals surface area contributed by atoms with Gasteiger partial charge in [0.1, 0.15) is 5.52 Å². The SMILES string of the molecule is CCOc1cc(C)c(-c2nn3c(C)cc(C(CC)CC)c3c(=O)n2C)cc1F. The Balaban J connectivity index is 2.28. The predicted octanol–water partition coefficient (Wildman–Crippen LogP) is 4.76. The van der Waals surface area contributed by atoms with Crippen LogP contribution < -0.4 is 10.3 Å². The van der Waals surface area contributed by atoms with Gasteiger partial charge in [-0.2, -0.15) is 0 Å². The summed E-state index contributed by atoms with van der Waals surface area (Å²) < 4.78 is 23.0. The van der Waals surface area contributed by atoms with Gasteiger partial charge in [-0.05, 0) is 68.9 Å². The van der Waals surface area contributed by atoms with Crippen molar-refractivity contribution in [1.82, 2.24) is 14.2 Å². The molecular formula is C22H28FN3O2. The highest BCUT2D eigenvalue weighted by Gasteiger charge is 2.21. The van der Waals surface area contributed by atoms with Gasteiger partial charge in [0.25, 0.3) is 5.56 Å². The van der Waals surface area contributed by atoms with Crippen LogP contribution in [0.15, 0.2) is 23.0 Å². The second-order valence-corrected chi connectivity index (χ2v) is 7.23. The summed E-state index contributed by atoms with van der Waals surface area (Å²) in [6.07, 6.45) is 1.92. The predicted molar refractivity (Wildman–Crippen MR) is 110 cm³/mol. The minimum atomic E-state index is -0.459. The average molecular weight is 385 g/mol. The van der Waals surface area contributed by atoms with Gasteiger partial charge in [0.15, 0.2) is 17.4 Å². The second kappa shape index (κ2) is 7.78. The Morgan fingerprint density at radius 1 is 1.14 bits per heavy atom. The second-order valence-electron chi connectivity index (χ2n) is 7.23. The van der Waals surface area contributed by atoms with E-state index >= 15 is 0 Å². The largest absolute Gasteiger partial charge is 0.491 e.